The van der Waals surface area contributed by atoms with Crippen LogP contribution in [0, 0.1) is 34.5 Å². The van der Waals surface area contributed by atoms with Crippen molar-refractivity contribution in [3.8, 4) is 39.1 Å². The van der Waals surface area contributed by atoms with Gasteiger partial charge in [-0.15, -0.1) is 11.3 Å². The van der Waals surface area contributed by atoms with Gasteiger partial charge in [0, 0.05) is 48.0 Å². The zero-order chi connectivity index (χ0) is 52.3. The molecule has 0 bridgehead atoms. The number of hydrogen-bond donors (Lipinski definition) is 4. The van der Waals surface area contributed by atoms with E-state index in [2.05, 4.69) is 20.9 Å². The van der Waals surface area contributed by atoms with Gasteiger partial charge in [-0.1, -0.05) is 109 Å². The van der Waals surface area contributed by atoms with Crippen molar-refractivity contribution in [2.45, 2.75) is 98.7 Å². The summed E-state index contributed by atoms with van der Waals surface area (Å²) in [4.78, 5) is 61.0. The summed E-state index contributed by atoms with van der Waals surface area (Å²) in [6, 6.07) is 26.6. The highest BCUT2D eigenvalue weighted by atomic mass is 35.5. The summed E-state index contributed by atoms with van der Waals surface area (Å²) >= 11 is 7.79. The summed E-state index contributed by atoms with van der Waals surface area (Å²) in [5.74, 6) is -2.56. The summed E-state index contributed by atoms with van der Waals surface area (Å²) < 4.78 is 38.4. The van der Waals surface area contributed by atoms with Gasteiger partial charge < -0.3 is 35.4 Å². The van der Waals surface area contributed by atoms with E-state index in [0.29, 0.717) is 27.6 Å². The minimum Gasteiger partial charge on any atom is -0.493 e. The van der Waals surface area contributed by atoms with E-state index in [0.717, 1.165) is 32.8 Å². The first-order chi connectivity index (χ1) is 33.9. The third kappa shape index (κ3) is 12.1. The quantitative estimate of drug-likeness (QED) is 0.0714. The third-order valence-electron chi connectivity index (χ3n) is 13.5. The number of carbonyl (C=O) groups excluding carboxylic acids is 4. The fraction of sp³-hybridized carbons (Fsp3) is 0.407. The maximum atomic E-state index is 14.1. The number of amides is 4. The number of β-amino-alcohol motifs (C(OH)–C–C–N with tert-alkyl or cyclic N) is 1. The highest BCUT2D eigenvalue weighted by molar-refractivity contribution is 7.92. The highest BCUT2D eigenvalue weighted by Crippen LogP contribution is 2.55. The van der Waals surface area contributed by atoms with Crippen molar-refractivity contribution < 1.29 is 42.2 Å². The van der Waals surface area contributed by atoms with Gasteiger partial charge in [0.25, 0.3) is 5.91 Å². The molecule has 15 nitrogen and oxygen atoms in total. The Balaban J connectivity index is 0.872. The first kappa shape index (κ1) is 53.5. The molecule has 1 saturated carbocycles. The Labute approximate surface area is 430 Å². The first-order valence-corrected chi connectivity index (χ1v) is 26.7. The molecule has 7 rings (SSSR count). The van der Waals surface area contributed by atoms with E-state index in [1.54, 1.807) is 80.1 Å². The Bertz CT molecular complexity index is 2950. The fourth-order valence-electron chi connectivity index (χ4n) is 9.91. The number of likely N-dealkylation sites (tertiary alicyclic amines) is 1. The van der Waals surface area contributed by atoms with Crippen LogP contribution in [0.1, 0.15) is 82.1 Å². The van der Waals surface area contributed by atoms with Crippen LogP contribution in [0.25, 0.3) is 21.6 Å². The number of thiazole rings is 1. The molecule has 4 N–H and O–H groups in total. The minimum atomic E-state index is -3.99. The molecule has 18 heteroatoms. The molecule has 2 heterocycles. The second-order valence-corrected chi connectivity index (χ2v) is 24.2. The van der Waals surface area contributed by atoms with Gasteiger partial charge >= 0.3 is 0 Å². The molecule has 4 amide bonds. The van der Waals surface area contributed by atoms with Gasteiger partial charge in [0.05, 0.1) is 38.5 Å². The van der Waals surface area contributed by atoms with Gasteiger partial charge in [-0.3, -0.25) is 19.2 Å². The number of nitriles is 1. The number of ether oxygens (including phenoxy) is 2. The van der Waals surface area contributed by atoms with E-state index in [1.807, 2.05) is 89.2 Å². The van der Waals surface area contributed by atoms with Crippen LogP contribution in [0.5, 0.6) is 11.5 Å². The molecule has 1 aliphatic carbocycles. The van der Waals surface area contributed by atoms with Crippen molar-refractivity contribution in [2.75, 3.05) is 24.7 Å². The molecule has 3 atom stereocenters. The topological polar surface area (TPSA) is 217 Å². The molecule has 2 aliphatic rings. The number of rotatable bonds is 17. The van der Waals surface area contributed by atoms with Gasteiger partial charge in [0.1, 0.15) is 48.1 Å². The third-order valence-corrected chi connectivity index (χ3v) is 16.3. The molecular weight excluding hydrogens is 976 g/mol. The number of sulfone groups is 1. The predicted molar refractivity (Wildman–Crippen MR) is 277 cm³/mol. The zero-order valence-corrected chi connectivity index (χ0v) is 44.0. The highest BCUT2D eigenvalue weighted by Gasteiger charge is 2.64. The minimum absolute atomic E-state index is 0.00854. The lowest BCUT2D eigenvalue weighted by molar-refractivity contribution is -0.164. The maximum Gasteiger partial charge on any atom is 0.251 e. The molecule has 4 aromatic carbocycles. The number of aromatic nitrogens is 1. The number of aliphatic hydroxyl groups excluding tert-OH is 1. The standard InChI is InChI=1S/C54H61ClN6O9S2/c1-32-45(71-31-58-32)36-11-9-33(10-12-36)28-57-48(65)43-25-39(62)29-61(43)49(66)46(52(2,3)4)59-44(63)30-72(67,68)24-23-69-40-20-17-35(18-21-40)34-13-15-37(16-14-34)47(64)60-50-53(5,6)51(54(50,7)8)70-41-22-19-38(27-56)42(55)26-41/h9-22,26,31,39,43,46,50-51,62H,23-25,28-30H2,1-8H3,(H,57,65)(H,59,63)(H,60,64)/t39-,43+,46-,50-,51-/m1/s1. The number of nitrogens with zero attached hydrogens (tertiary/aromatic N) is 3. The molecule has 2 fully saturated rings. The van der Waals surface area contributed by atoms with E-state index in [9.17, 15) is 38.0 Å². The Hall–Kier alpha value is -6.32. The van der Waals surface area contributed by atoms with Gasteiger partial charge in [-0.05, 0) is 71.0 Å². The van der Waals surface area contributed by atoms with Crippen molar-refractivity contribution in [2.24, 2.45) is 16.2 Å². The second kappa shape index (κ2) is 21.4. The number of aliphatic hydroxyl groups is 1. The molecule has 5 aromatic rings. The molecule has 380 valence electrons. The molecular formula is C54H61ClN6O9S2. The zero-order valence-electron chi connectivity index (χ0n) is 41.6. The largest absolute Gasteiger partial charge is 0.493 e. The second-order valence-electron chi connectivity index (χ2n) is 20.8. The molecule has 72 heavy (non-hydrogen) atoms. The van der Waals surface area contributed by atoms with Crippen LogP contribution in [0.15, 0.2) is 96.5 Å². The predicted octanol–water partition coefficient (Wildman–Crippen LogP) is 7.53. The lowest BCUT2D eigenvalue weighted by Gasteiger charge is -2.63. The Morgan fingerprint density at radius 2 is 1.54 bits per heavy atom. The number of halogens is 1. The molecule has 1 aromatic heterocycles. The average Bonchev–Trinajstić information content (AvgIpc) is 3.95. The van der Waals surface area contributed by atoms with Crippen molar-refractivity contribution in [3.63, 3.8) is 0 Å². The van der Waals surface area contributed by atoms with Crippen molar-refractivity contribution in [3.05, 3.63) is 124 Å². The normalized spacial score (nSPS) is 19.5. The lowest BCUT2D eigenvalue weighted by Crippen LogP contribution is -2.74. The Morgan fingerprint density at radius 1 is 0.931 bits per heavy atom. The Kier molecular flexibility index (Phi) is 15.9. The molecule has 1 aliphatic heterocycles. The monoisotopic (exact) mass is 1040 g/mol. The van der Waals surface area contributed by atoms with Gasteiger partial charge in [0.15, 0.2) is 9.84 Å². The number of benzene rings is 4. The van der Waals surface area contributed by atoms with Crippen LogP contribution in [0.3, 0.4) is 0 Å². The number of hydrogen-bond acceptors (Lipinski definition) is 12. The molecule has 0 radical (unpaired) electrons. The summed E-state index contributed by atoms with van der Waals surface area (Å²) in [6.07, 6.45) is -1.20. The van der Waals surface area contributed by atoms with Crippen LogP contribution in [-0.2, 0) is 30.8 Å². The summed E-state index contributed by atoms with van der Waals surface area (Å²) in [7, 11) is -3.99. The van der Waals surface area contributed by atoms with Gasteiger partial charge in [-0.25, -0.2) is 13.4 Å². The van der Waals surface area contributed by atoms with Crippen LogP contribution in [0.4, 0.5) is 0 Å². The van der Waals surface area contributed by atoms with Crippen LogP contribution >= 0.6 is 22.9 Å². The fourth-order valence-corrected chi connectivity index (χ4v) is 11.9. The summed E-state index contributed by atoms with van der Waals surface area (Å²) in [6.45, 7) is 15.1. The van der Waals surface area contributed by atoms with E-state index in [-0.39, 0.29) is 44.2 Å². The summed E-state index contributed by atoms with van der Waals surface area (Å²) in [5.41, 5.74) is 5.38. The molecule has 1 saturated heterocycles. The van der Waals surface area contributed by atoms with Crippen molar-refractivity contribution >= 4 is 56.4 Å². The smallest absolute Gasteiger partial charge is 0.251 e. The number of aryl methyl sites for hydroxylation is 1. The Morgan fingerprint density at radius 3 is 2.12 bits per heavy atom. The maximum absolute atomic E-state index is 14.1. The van der Waals surface area contributed by atoms with E-state index < -0.39 is 73.5 Å². The van der Waals surface area contributed by atoms with Crippen LogP contribution < -0.4 is 25.4 Å². The van der Waals surface area contributed by atoms with Gasteiger partial charge in [-0.2, -0.15) is 5.26 Å². The van der Waals surface area contributed by atoms with Crippen LogP contribution in [-0.4, -0.2) is 102 Å². The first-order valence-electron chi connectivity index (χ1n) is 23.6. The average molecular weight is 1040 g/mol. The van der Waals surface area contributed by atoms with E-state index in [1.165, 1.54) is 4.90 Å². The SMILES string of the molecule is Cc1ncsc1-c1ccc(CNC(=O)[C@@H]2C[C@@H](O)CN2C(=O)[C@@H](NC(=O)CS(=O)(=O)CCOc2ccc(-c3ccc(C(=O)N[C@H]4C(C)(C)[C@H](Oc5ccc(C#N)c(Cl)c5)C4(C)C)cc3)cc2)C(C)(C)C)cc1. The van der Waals surface area contributed by atoms with Crippen molar-refractivity contribution in [1.82, 2.24) is 25.8 Å². The van der Waals surface area contributed by atoms with Crippen LogP contribution in [0.2, 0.25) is 5.02 Å². The molecule has 0 unspecified atom stereocenters. The number of nitrogens with one attached hydrogen (secondary N) is 3. The van der Waals surface area contributed by atoms with Gasteiger partial charge in [0.2, 0.25) is 17.7 Å². The van der Waals surface area contributed by atoms with Crippen molar-refractivity contribution in [1.29, 1.82) is 5.26 Å². The van der Waals surface area contributed by atoms with E-state index >= 15 is 0 Å². The van der Waals surface area contributed by atoms with E-state index in [4.69, 9.17) is 21.1 Å². The molecule has 0 spiro atoms. The number of carbonyl (C=O) groups is 4. The lowest BCUT2D eigenvalue weighted by atomic mass is 9.49. The summed E-state index contributed by atoms with van der Waals surface area (Å²) in [5, 5.41) is 28.8.